The minimum absolute atomic E-state index is 0.0544. The highest BCUT2D eigenvalue weighted by Gasteiger charge is 2.75. The van der Waals surface area contributed by atoms with E-state index < -0.39 is 28.2 Å². The number of halogens is 1. The Morgan fingerprint density at radius 2 is 1.89 bits per heavy atom. The number of aliphatic hydroxyl groups excluding tert-OH is 1. The van der Waals surface area contributed by atoms with E-state index in [1.807, 2.05) is 51.1 Å². The van der Waals surface area contributed by atoms with Crippen molar-refractivity contribution in [2.24, 2.45) is 11.8 Å². The number of hydrogen-bond donors (Lipinski definition) is 3. The van der Waals surface area contributed by atoms with Crippen LogP contribution in [0.2, 0.25) is 0 Å². The van der Waals surface area contributed by atoms with E-state index in [0.29, 0.717) is 32.4 Å². The Hall–Kier alpha value is -1.58. The normalized spacial score (nSPS) is 31.5. The van der Waals surface area contributed by atoms with Gasteiger partial charge in [0.2, 0.25) is 17.7 Å². The van der Waals surface area contributed by atoms with Crippen LogP contribution in [-0.2, 0) is 20.9 Å². The van der Waals surface area contributed by atoms with Crippen LogP contribution in [0.25, 0.3) is 0 Å². The molecule has 3 unspecified atom stereocenters. The second-order valence-electron chi connectivity index (χ2n) is 10.9. The number of unbranched alkanes of at least 4 members (excludes halogenated alkanes) is 2. The van der Waals surface area contributed by atoms with E-state index >= 15 is 0 Å². The molecule has 1 aromatic rings. The zero-order valence-corrected chi connectivity index (χ0v) is 23.0. The van der Waals surface area contributed by atoms with Crippen LogP contribution >= 0.6 is 27.7 Å². The van der Waals surface area contributed by atoms with Crippen molar-refractivity contribution in [2.45, 2.75) is 79.4 Å². The molecule has 35 heavy (non-hydrogen) atoms. The van der Waals surface area contributed by atoms with Gasteiger partial charge in [0.15, 0.2) is 0 Å². The van der Waals surface area contributed by atoms with Crippen molar-refractivity contribution in [3.63, 3.8) is 0 Å². The molecule has 0 saturated carbocycles. The van der Waals surface area contributed by atoms with Crippen molar-refractivity contribution in [1.82, 2.24) is 15.5 Å². The van der Waals surface area contributed by atoms with Crippen LogP contribution < -0.4 is 10.6 Å². The highest BCUT2D eigenvalue weighted by atomic mass is 79.9. The highest BCUT2D eigenvalue weighted by Crippen LogP contribution is 2.67. The molecule has 3 N–H and O–H groups in total. The standard InChI is InChI=1S/C26H36BrN3O4S/c1-25(2,3)29-23(33)21-26-14-17(27)20(35-26)18(22(32)28-15-16-10-6-4-7-11-16)19(26)24(34)30(21)12-8-5-9-13-31/h4,6-7,10-11,17-21,31H,5,8-9,12-15H2,1-3H3,(H,28,32)(H,29,33)/t17?,18-,19-,20-,21?,26?/m0/s1. The summed E-state index contributed by atoms with van der Waals surface area (Å²) >= 11 is 5.45. The molecule has 1 spiro atoms. The monoisotopic (exact) mass is 565 g/mol. The minimum Gasteiger partial charge on any atom is -0.396 e. The van der Waals surface area contributed by atoms with E-state index in [1.165, 1.54) is 0 Å². The van der Waals surface area contributed by atoms with Crippen LogP contribution in [0, 0.1) is 11.8 Å². The molecule has 0 radical (unpaired) electrons. The molecule has 3 heterocycles. The van der Waals surface area contributed by atoms with E-state index in [4.69, 9.17) is 5.11 Å². The maximum atomic E-state index is 13.9. The number of benzene rings is 1. The third-order valence-corrected chi connectivity index (χ3v) is 10.4. The van der Waals surface area contributed by atoms with Crippen molar-refractivity contribution >= 4 is 45.4 Å². The number of carbonyl (C=O) groups excluding carboxylic acids is 3. The Labute approximate surface area is 220 Å². The summed E-state index contributed by atoms with van der Waals surface area (Å²) in [5, 5.41) is 15.3. The summed E-state index contributed by atoms with van der Waals surface area (Å²) in [5.74, 6) is -1.35. The van der Waals surface area contributed by atoms with Gasteiger partial charge in [0.05, 0.1) is 16.6 Å². The molecule has 2 bridgehead atoms. The van der Waals surface area contributed by atoms with Gasteiger partial charge in [-0.1, -0.05) is 46.3 Å². The molecular formula is C26H36BrN3O4S. The summed E-state index contributed by atoms with van der Waals surface area (Å²) in [6, 6.07) is 9.12. The van der Waals surface area contributed by atoms with Crippen LogP contribution in [0.3, 0.4) is 0 Å². The van der Waals surface area contributed by atoms with Gasteiger partial charge in [-0.05, 0) is 52.0 Å². The van der Waals surface area contributed by atoms with E-state index in [2.05, 4.69) is 26.6 Å². The van der Waals surface area contributed by atoms with Gasteiger partial charge < -0.3 is 20.6 Å². The lowest BCUT2D eigenvalue weighted by Gasteiger charge is -2.36. The number of hydrogen-bond acceptors (Lipinski definition) is 5. The Balaban J connectivity index is 1.61. The van der Waals surface area contributed by atoms with Crippen molar-refractivity contribution in [2.75, 3.05) is 13.2 Å². The zero-order valence-electron chi connectivity index (χ0n) is 20.6. The number of alkyl halides is 1. The molecule has 6 atom stereocenters. The molecule has 3 aliphatic heterocycles. The van der Waals surface area contributed by atoms with Crippen LogP contribution in [-0.4, -0.2) is 67.3 Å². The number of rotatable bonds is 9. The molecule has 4 rings (SSSR count). The molecule has 3 saturated heterocycles. The summed E-state index contributed by atoms with van der Waals surface area (Å²) in [6.45, 7) is 6.79. The smallest absolute Gasteiger partial charge is 0.244 e. The SMILES string of the molecule is CC(C)(C)NC(=O)C1N(CCCCCO)C(=O)[C@@H]2[C@H](C(=O)NCc3ccccc3)[C@H]3SC12CC3Br. The molecule has 3 fully saturated rings. The van der Waals surface area contributed by atoms with Crippen LogP contribution in [0.4, 0.5) is 0 Å². The molecule has 1 aromatic carbocycles. The third kappa shape index (κ3) is 5.14. The predicted octanol–water partition coefficient (Wildman–Crippen LogP) is 2.84. The molecule has 3 aliphatic rings. The summed E-state index contributed by atoms with van der Waals surface area (Å²) < 4.78 is -0.628. The largest absolute Gasteiger partial charge is 0.396 e. The Bertz CT molecular complexity index is 956. The second kappa shape index (κ2) is 10.4. The molecule has 0 aliphatic carbocycles. The number of aliphatic hydroxyl groups is 1. The lowest BCUT2D eigenvalue weighted by atomic mass is 9.70. The van der Waals surface area contributed by atoms with Gasteiger partial charge in [-0.25, -0.2) is 0 Å². The van der Waals surface area contributed by atoms with Gasteiger partial charge in [-0.15, -0.1) is 11.8 Å². The first-order valence-corrected chi connectivity index (χ1v) is 14.3. The van der Waals surface area contributed by atoms with Gasteiger partial charge in [0.25, 0.3) is 0 Å². The number of carbonyl (C=O) groups is 3. The van der Waals surface area contributed by atoms with Crippen molar-refractivity contribution in [3.05, 3.63) is 35.9 Å². The van der Waals surface area contributed by atoms with Gasteiger partial charge in [-0.3, -0.25) is 14.4 Å². The van der Waals surface area contributed by atoms with Gasteiger partial charge in [0.1, 0.15) is 6.04 Å². The fraction of sp³-hybridized carbons (Fsp3) is 0.654. The summed E-state index contributed by atoms with van der Waals surface area (Å²) in [5.41, 5.74) is 0.575. The first-order chi connectivity index (χ1) is 16.6. The van der Waals surface area contributed by atoms with Crippen molar-refractivity contribution < 1.29 is 19.5 Å². The first kappa shape index (κ1) is 26.5. The van der Waals surface area contributed by atoms with Crippen LogP contribution in [0.5, 0.6) is 0 Å². The number of nitrogens with zero attached hydrogens (tertiary/aromatic N) is 1. The first-order valence-electron chi connectivity index (χ1n) is 12.5. The van der Waals surface area contributed by atoms with Crippen molar-refractivity contribution in [3.8, 4) is 0 Å². The molecule has 0 aromatic heterocycles. The number of fused-ring (bicyclic) bond motifs is 1. The lowest BCUT2D eigenvalue weighted by molar-refractivity contribution is -0.140. The summed E-state index contributed by atoms with van der Waals surface area (Å²) in [6.07, 6.45) is 2.84. The Kier molecular flexibility index (Phi) is 7.88. The molecule has 3 amide bonds. The maximum Gasteiger partial charge on any atom is 0.244 e. The maximum absolute atomic E-state index is 13.9. The summed E-state index contributed by atoms with van der Waals surface area (Å²) in [4.78, 5) is 42.8. The highest BCUT2D eigenvalue weighted by molar-refractivity contribution is 9.09. The molecule has 7 nitrogen and oxygen atoms in total. The Morgan fingerprint density at radius 3 is 2.54 bits per heavy atom. The van der Waals surface area contributed by atoms with E-state index in [0.717, 1.165) is 12.0 Å². The van der Waals surface area contributed by atoms with E-state index in [9.17, 15) is 14.4 Å². The predicted molar refractivity (Wildman–Crippen MR) is 141 cm³/mol. The zero-order chi connectivity index (χ0) is 25.4. The molecule has 192 valence electrons. The van der Waals surface area contributed by atoms with Crippen LogP contribution in [0.1, 0.15) is 52.0 Å². The van der Waals surface area contributed by atoms with E-state index in [1.54, 1.807) is 16.7 Å². The van der Waals surface area contributed by atoms with Crippen LogP contribution in [0.15, 0.2) is 30.3 Å². The number of thioether (sulfide) groups is 1. The minimum atomic E-state index is -0.628. The third-order valence-electron chi connectivity index (χ3n) is 7.21. The molecular weight excluding hydrogens is 530 g/mol. The Morgan fingerprint density at radius 1 is 1.17 bits per heavy atom. The average molecular weight is 567 g/mol. The quantitative estimate of drug-likeness (QED) is 0.316. The van der Waals surface area contributed by atoms with Gasteiger partial charge in [0, 0.05) is 35.3 Å². The number of nitrogens with one attached hydrogen (secondary N) is 2. The number of likely N-dealkylation sites (tertiary alicyclic amines) is 1. The van der Waals surface area contributed by atoms with Gasteiger partial charge >= 0.3 is 0 Å². The molecule has 9 heteroatoms. The second-order valence-corrected chi connectivity index (χ2v) is 13.6. The van der Waals surface area contributed by atoms with Crippen molar-refractivity contribution in [1.29, 1.82) is 0 Å². The average Bonchev–Trinajstić information content (AvgIpc) is 3.38. The van der Waals surface area contributed by atoms with E-state index in [-0.39, 0.29) is 34.4 Å². The topological polar surface area (TPSA) is 98.7 Å². The fourth-order valence-electron chi connectivity index (χ4n) is 5.88. The summed E-state index contributed by atoms with van der Waals surface area (Å²) in [7, 11) is 0. The van der Waals surface area contributed by atoms with Gasteiger partial charge in [-0.2, -0.15) is 0 Å². The number of amides is 3. The lowest BCUT2D eigenvalue weighted by Crippen LogP contribution is -2.57. The fourth-order valence-corrected chi connectivity index (χ4v) is 9.50.